The molecule has 2 rings (SSSR count). The fourth-order valence-electron chi connectivity index (χ4n) is 2.66. The van der Waals surface area contributed by atoms with Crippen LogP contribution in [-0.2, 0) is 4.79 Å². The maximum absolute atomic E-state index is 12.0. The summed E-state index contributed by atoms with van der Waals surface area (Å²) in [6.45, 7) is 4.39. The van der Waals surface area contributed by atoms with Gasteiger partial charge in [0.2, 0.25) is 0 Å². The smallest absolute Gasteiger partial charge is 0.317 e. The number of amides is 2. The summed E-state index contributed by atoms with van der Waals surface area (Å²) in [6.07, 6.45) is 5.57. The number of carbonyl (C=O) groups excluding carboxylic acids is 1. The Morgan fingerprint density at radius 2 is 1.95 bits per heavy atom. The average Bonchev–Trinajstić information content (AvgIpc) is 3.11. The van der Waals surface area contributed by atoms with Crippen LogP contribution in [0.4, 0.5) is 4.79 Å². The number of likely N-dealkylation sites (tertiary alicyclic amines) is 1. The molecule has 2 amide bonds. The number of carboxylic acid groups (broad SMARTS) is 1. The van der Waals surface area contributed by atoms with E-state index < -0.39 is 5.97 Å². The van der Waals surface area contributed by atoms with E-state index in [1.807, 2.05) is 0 Å². The highest BCUT2D eigenvalue weighted by Gasteiger charge is 2.32. The minimum Gasteiger partial charge on any atom is -0.481 e. The average molecular weight is 283 g/mol. The number of nitrogens with one attached hydrogen (secondary N) is 1. The molecule has 1 heterocycles. The second-order valence-electron chi connectivity index (χ2n) is 5.70. The van der Waals surface area contributed by atoms with Gasteiger partial charge in [-0.15, -0.1) is 0 Å². The maximum Gasteiger partial charge on any atom is 0.317 e. The molecule has 0 radical (unpaired) electrons. The molecule has 20 heavy (non-hydrogen) atoms. The summed E-state index contributed by atoms with van der Waals surface area (Å²) in [4.78, 5) is 26.8. The molecule has 0 spiro atoms. The lowest BCUT2D eigenvalue weighted by Gasteiger charge is -2.22. The second kappa shape index (κ2) is 7.47. The van der Waals surface area contributed by atoms with Crippen LogP contribution in [0.3, 0.4) is 0 Å². The van der Waals surface area contributed by atoms with Gasteiger partial charge in [0.1, 0.15) is 0 Å². The predicted molar refractivity (Wildman–Crippen MR) is 75.7 cm³/mol. The highest BCUT2D eigenvalue weighted by atomic mass is 16.4. The lowest BCUT2D eigenvalue weighted by Crippen LogP contribution is -2.43. The molecule has 6 heteroatoms. The van der Waals surface area contributed by atoms with Crippen LogP contribution < -0.4 is 5.32 Å². The van der Waals surface area contributed by atoms with Crippen LogP contribution in [0, 0.1) is 0 Å². The van der Waals surface area contributed by atoms with E-state index in [-0.39, 0.29) is 18.5 Å². The summed E-state index contributed by atoms with van der Waals surface area (Å²) in [5.41, 5.74) is 0. The molecule has 0 bridgehead atoms. The topological polar surface area (TPSA) is 72.9 Å². The van der Waals surface area contributed by atoms with Crippen molar-refractivity contribution in [3.8, 4) is 0 Å². The van der Waals surface area contributed by atoms with Crippen LogP contribution in [0.25, 0.3) is 0 Å². The van der Waals surface area contributed by atoms with E-state index >= 15 is 0 Å². The number of nitrogens with zero attached hydrogens (tertiary/aromatic N) is 2. The Morgan fingerprint density at radius 3 is 2.55 bits per heavy atom. The Kier molecular flexibility index (Phi) is 5.64. The number of carbonyl (C=O) groups is 2. The zero-order valence-corrected chi connectivity index (χ0v) is 12.0. The molecule has 0 aromatic heterocycles. The largest absolute Gasteiger partial charge is 0.481 e. The van der Waals surface area contributed by atoms with Gasteiger partial charge in [0.25, 0.3) is 0 Å². The van der Waals surface area contributed by atoms with Crippen molar-refractivity contribution in [1.29, 1.82) is 0 Å². The summed E-state index contributed by atoms with van der Waals surface area (Å²) in [7, 11) is 0. The van der Waals surface area contributed by atoms with Crippen LogP contribution in [0.15, 0.2) is 0 Å². The van der Waals surface area contributed by atoms with E-state index in [9.17, 15) is 9.59 Å². The van der Waals surface area contributed by atoms with E-state index in [0.717, 1.165) is 25.8 Å². The van der Waals surface area contributed by atoms with Crippen molar-refractivity contribution in [3.05, 3.63) is 0 Å². The zero-order valence-electron chi connectivity index (χ0n) is 12.0. The van der Waals surface area contributed by atoms with Crippen molar-refractivity contribution in [2.75, 3.05) is 32.7 Å². The number of hydrogen-bond donors (Lipinski definition) is 2. The van der Waals surface area contributed by atoms with Crippen molar-refractivity contribution >= 4 is 12.0 Å². The first-order valence-electron chi connectivity index (χ1n) is 7.65. The van der Waals surface area contributed by atoms with Gasteiger partial charge in [-0.25, -0.2) is 4.79 Å². The molecule has 6 nitrogen and oxygen atoms in total. The molecule has 0 aromatic rings. The summed E-state index contributed by atoms with van der Waals surface area (Å²) >= 11 is 0. The van der Waals surface area contributed by atoms with Crippen LogP contribution >= 0.6 is 0 Å². The van der Waals surface area contributed by atoms with Gasteiger partial charge in [-0.05, 0) is 51.7 Å². The molecule has 0 aromatic carbocycles. The van der Waals surface area contributed by atoms with Crippen LogP contribution in [-0.4, -0.2) is 65.7 Å². The van der Waals surface area contributed by atoms with E-state index in [2.05, 4.69) is 10.2 Å². The fourth-order valence-corrected chi connectivity index (χ4v) is 2.66. The molecule has 1 saturated heterocycles. The molecule has 0 atom stereocenters. The number of aliphatic carboxylic acids is 1. The van der Waals surface area contributed by atoms with Gasteiger partial charge < -0.3 is 20.2 Å². The molecule has 1 aliphatic carbocycles. The molecule has 2 fully saturated rings. The van der Waals surface area contributed by atoms with E-state index in [4.69, 9.17) is 5.11 Å². The Labute approximate surface area is 120 Å². The Balaban J connectivity index is 1.62. The third-order valence-corrected chi connectivity index (χ3v) is 3.94. The minimum absolute atomic E-state index is 0.0255. The van der Waals surface area contributed by atoms with Crippen molar-refractivity contribution < 1.29 is 14.7 Å². The molecule has 0 unspecified atom stereocenters. The molecule has 1 saturated carbocycles. The summed E-state index contributed by atoms with van der Waals surface area (Å²) in [5.74, 6) is -0.850. The van der Waals surface area contributed by atoms with Crippen LogP contribution in [0.1, 0.15) is 38.5 Å². The van der Waals surface area contributed by atoms with Gasteiger partial charge in [-0.1, -0.05) is 0 Å². The first-order valence-corrected chi connectivity index (χ1v) is 7.65. The van der Waals surface area contributed by atoms with E-state index in [0.29, 0.717) is 13.1 Å². The van der Waals surface area contributed by atoms with Gasteiger partial charge in [-0.2, -0.15) is 0 Å². The third kappa shape index (κ3) is 5.00. The standard InChI is InChI=1S/C14H25N3O3/c18-13(19)6-11-17(12-4-5-12)14(20)15-7-3-10-16-8-1-2-9-16/h12H,1-11H2,(H,15,20)(H,18,19). The van der Waals surface area contributed by atoms with Gasteiger partial charge in [0.05, 0.1) is 6.42 Å². The van der Waals surface area contributed by atoms with Crippen LogP contribution in [0.5, 0.6) is 0 Å². The molecule has 1 aliphatic heterocycles. The number of rotatable bonds is 8. The van der Waals surface area contributed by atoms with E-state index in [1.54, 1.807) is 4.90 Å². The predicted octanol–water partition coefficient (Wildman–Crippen LogP) is 1.12. The number of urea groups is 1. The van der Waals surface area contributed by atoms with Crippen molar-refractivity contribution in [1.82, 2.24) is 15.1 Å². The zero-order chi connectivity index (χ0) is 14.4. The number of hydrogen-bond acceptors (Lipinski definition) is 3. The Hall–Kier alpha value is -1.30. The SMILES string of the molecule is O=C(O)CCN(C(=O)NCCCN1CCCC1)C1CC1. The van der Waals surface area contributed by atoms with Gasteiger partial charge >= 0.3 is 12.0 Å². The third-order valence-electron chi connectivity index (χ3n) is 3.94. The highest BCUT2D eigenvalue weighted by molar-refractivity contribution is 5.76. The minimum atomic E-state index is -0.850. The van der Waals surface area contributed by atoms with E-state index in [1.165, 1.54) is 25.9 Å². The number of carboxylic acids is 1. The molecular formula is C14H25N3O3. The van der Waals surface area contributed by atoms with Gasteiger partial charge in [0, 0.05) is 19.1 Å². The first-order chi connectivity index (χ1) is 9.66. The second-order valence-corrected chi connectivity index (χ2v) is 5.70. The lowest BCUT2D eigenvalue weighted by atomic mass is 10.3. The summed E-state index contributed by atoms with van der Waals surface area (Å²) in [6, 6.07) is 0.156. The summed E-state index contributed by atoms with van der Waals surface area (Å²) < 4.78 is 0. The lowest BCUT2D eigenvalue weighted by molar-refractivity contribution is -0.137. The van der Waals surface area contributed by atoms with Gasteiger partial charge in [-0.3, -0.25) is 4.79 Å². The Morgan fingerprint density at radius 1 is 1.25 bits per heavy atom. The maximum atomic E-state index is 12.0. The highest BCUT2D eigenvalue weighted by Crippen LogP contribution is 2.26. The van der Waals surface area contributed by atoms with Crippen molar-refractivity contribution in [2.45, 2.75) is 44.6 Å². The fraction of sp³-hybridized carbons (Fsp3) is 0.857. The van der Waals surface area contributed by atoms with Crippen LogP contribution in [0.2, 0.25) is 0 Å². The van der Waals surface area contributed by atoms with Crippen molar-refractivity contribution in [3.63, 3.8) is 0 Å². The van der Waals surface area contributed by atoms with Crippen molar-refractivity contribution in [2.24, 2.45) is 0 Å². The normalized spacial score (nSPS) is 19.0. The molecule has 114 valence electrons. The molecule has 2 N–H and O–H groups in total. The quantitative estimate of drug-likeness (QED) is 0.655. The van der Waals surface area contributed by atoms with Gasteiger partial charge in [0.15, 0.2) is 0 Å². The molecular weight excluding hydrogens is 258 g/mol. The first kappa shape index (κ1) is 15.1. The molecule has 2 aliphatic rings. The monoisotopic (exact) mass is 283 g/mol. The summed E-state index contributed by atoms with van der Waals surface area (Å²) in [5, 5.41) is 11.6. The Bertz CT molecular complexity index is 339.